The lowest BCUT2D eigenvalue weighted by atomic mass is 10.1. The van der Waals surface area contributed by atoms with Crippen molar-refractivity contribution >= 4 is 11.6 Å². The number of hydrogen-bond acceptors (Lipinski definition) is 2. The Morgan fingerprint density at radius 3 is 2.93 bits per heavy atom. The summed E-state index contributed by atoms with van der Waals surface area (Å²) in [5.74, 6) is 1.51. The van der Waals surface area contributed by atoms with E-state index in [4.69, 9.17) is 16.3 Å². The summed E-state index contributed by atoms with van der Waals surface area (Å²) in [5.41, 5.74) is 0. The SMILES string of the molecule is CC(C)CCCN1CCOCC1CCl. The van der Waals surface area contributed by atoms with Gasteiger partial charge in [0.05, 0.1) is 13.2 Å². The Bertz CT molecular complexity index is 152. The fourth-order valence-corrected chi connectivity index (χ4v) is 2.11. The standard InChI is InChI=1S/C11H22ClNO/c1-10(2)4-3-5-13-6-7-14-9-11(13)8-12/h10-11H,3-9H2,1-2H3. The van der Waals surface area contributed by atoms with Crippen molar-refractivity contribution in [1.82, 2.24) is 4.90 Å². The fourth-order valence-electron chi connectivity index (χ4n) is 1.83. The van der Waals surface area contributed by atoms with Gasteiger partial charge >= 0.3 is 0 Å². The van der Waals surface area contributed by atoms with E-state index in [1.165, 1.54) is 19.4 Å². The molecule has 0 spiro atoms. The lowest BCUT2D eigenvalue weighted by Gasteiger charge is -2.34. The normalized spacial score (nSPS) is 24.4. The summed E-state index contributed by atoms with van der Waals surface area (Å²) < 4.78 is 5.40. The van der Waals surface area contributed by atoms with Gasteiger partial charge in [-0.2, -0.15) is 0 Å². The molecule has 84 valence electrons. The van der Waals surface area contributed by atoms with E-state index in [9.17, 15) is 0 Å². The summed E-state index contributed by atoms with van der Waals surface area (Å²) in [4.78, 5) is 2.47. The number of halogens is 1. The van der Waals surface area contributed by atoms with Crippen LogP contribution in [0.15, 0.2) is 0 Å². The maximum absolute atomic E-state index is 5.89. The molecular weight excluding hydrogens is 198 g/mol. The molecule has 0 radical (unpaired) electrons. The van der Waals surface area contributed by atoms with Crippen LogP contribution in [0.25, 0.3) is 0 Å². The second-order valence-corrected chi connectivity index (χ2v) is 4.76. The van der Waals surface area contributed by atoms with Gasteiger partial charge in [0, 0.05) is 18.5 Å². The average Bonchev–Trinajstić information content (AvgIpc) is 2.18. The number of nitrogens with zero attached hydrogens (tertiary/aromatic N) is 1. The molecule has 0 saturated carbocycles. The van der Waals surface area contributed by atoms with Crippen molar-refractivity contribution in [3.8, 4) is 0 Å². The third-order valence-corrected chi connectivity index (χ3v) is 3.11. The maximum Gasteiger partial charge on any atom is 0.0634 e. The number of ether oxygens (including phenoxy) is 1. The van der Waals surface area contributed by atoms with Crippen LogP contribution in [-0.4, -0.2) is 43.1 Å². The average molecular weight is 220 g/mol. The Hall–Kier alpha value is 0.210. The van der Waals surface area contributed by atoms with E-state index in [1.807, 2.05) is 0 Å². The van der Waals surface area contributed by atoms with Crippen LogP contribution in [0.5, 0.6) is 0 Å². The highest BCUT2D eigenvalue weighted by Gasteiger charge is 2.21. The minimum absolute atomic E-state index is 0.442. The maximum atomic E-state index is 5.89. The Kier molecular flexibility index (Phi) is 5.83. The van der Waals surface area contributed by atoms with E-state index in [1.54, 1.807) is 0 Å². The highest BCUT2D eigenvalue weighted by atomic mass is 35.5. The Morgan fingerprint density at radius 1 is 1.50 bits per heavy atom. The summed E-state index contributed by atoms with van der Waals surface area (Å²) in [7, 11) is 0. The molecule has 0 aliphatic carbocycles. The van der Waals surface area contributed by atoms with Gasteiger partial charge in [-0.25, -0.2) is 0 Å². The van der Waals surface area contributed by atoms with Crippen LogP contribution in [0.3, 0.4) is 0 Å². The number of alkyl halides is 1. The Morgan fingerprint density at radius 2 is 2.29 bits per heavy atom. The van der Waals surface area contributed by atoms with Crippen LogP contribution in [0.2, 0.25) is 0 Å². The molecule has 0 aromatic carbocycles. The minimum Gasteiger partial charge on any atom is -0.378 e. The molecule has 0 amide bonds. The van der Waals surface area contributed by atoms with Crippen LogP contribution in [0, 0.1) is 5.92 Å². The molecule has 1 aliphatic rings. The Labute approximate surface area is 92.6 Å². The molecule has 1 aliphatic heterocycles. The molecule has 2 nitrogen and oxygen atoms in total. The van der Waals surface area contributed by atoms with Crippen molar-refractivity contribution in [2.45, 2.75) is 32.7 Å². The third-order valence-electron chi connectivity index (χ3n) is 2.75. The first-order valence-corrected chi connectivity index (χ1v) is 6.15. The first-order chi connectivity index (χ1) is 6.74. The summed E-state index contributed by atoms with van der Waals surface area (Å²) in [6.45, 7) is 8.46. The van der Waals surface area contributed by atoms with Crippen molar-refractivity contribution in [1.29, 1.82) is 0 Å². The van der Waals surface area contributed by atoms with Crippen molar-refractivity contribution in [3.05, 3.63) is 0 Å². The molecule has 1 saturated heterocycles. The van der Waals surface area contributed by atoms with Crippen molar-refractivity contribution in [2.24, 2.45) is 5.92 Å². The van der Waals surface area contributed by atoms with Gasteiger partial charge in [0.2, 0.25) is 0 Å². The predicted octanol–water partition coefficient (Wildman–Crippen LogP) is 2.36. The predicted molar refractivity (Wildman–Crippen MR) is 61.0 cm³/mol. The second-order valence-electron chi connectivity index (χ2n) is 4.46. The minimum atomic E-state index is 0.442. The molecule has 1 atom stereocenters. The van der Waals surface area contributed by atoms with Gasteiger partial charge in [-0.05, 0) is 25.3 Å². The summed E-state index contributed by atoms with van der Waals surface area (Å²) in [5, 5.41) is 0. The van der Waals surface area contributed by atoms with Crippen LogP contribution in [0.1, 0.15) is 26.7 Å². The highest BCUT2D eigenvalue weighted by molar-refractivity contribution is 6.18. The van der Waals surface area contributed by atoms with E-state index in [2.05, 4.69) is 18.7 Å². The summed E-state index contributed by atoms with van der Waals surface area (Å²) in [6, 6.07) is 0.442. The lowest BCUT2D eigenvalue weighted by Crippen LogP contribution is -2.46. The zero-order valence-electron chi connectivity index (χ0n) is 9.34. The molecule has 1 fully saturated rings. The molecule has 0 N–H and O–H groups in total. The van der Waals surface area contributed by atoms with Gasteiger partial charge in [0.15, 0.2) is 0 Å². The molecule has 0 bridgehead atoms. The molecular formula is C11H22ClNO. The van der Waals surface area contributed by atoms with Crippen molar-refractivity contribution < 1.29 is 4.74 Å². The van der Waals surface area contributed by atoms with E-state index in [0.717, 1.165) is 25.7 Å². The summed E-state index contributed by atoms with van der Waals surface area (Å²) in [6.07, 6.45) is 2.59. The van der Waals surface area contributed by atoms with Crippen LogP contribution >= 0.6 is 11.6 Å². The molecule has 1 heterocycles. The van der Waals surface area contributed by atoms with Gasteiger partial charge in [-0.1, -0.05) is 13.8 Å². The van der Waals surface area contributed by atoms with Gasteiger partial charge in [-0.3, -0.25) is 4.90 Å². The van der Waals surface area contributed by atoms with E-state index >= 15 is 0 Å². The molecule has 1 unspecified atom stereocenters. The molecule has 0 aromatic heterocycles. The quantitative estimate of drug-likeness (QED) is 0.659. The van der Waals surface area contributed by atoms with Gasteiger partial charge in [-0.15, -0.1) is 11.6 Å². The molecule has 3 heteroatoms. The molecule has 0 aromatic rings. The number of hydrogen-bond donors (Lipinski definition) is 0. The van der Waals surface area contributed by atoms with Crippen molar-refractivity contribution in [3.63, 3.8) is 0 Å². The smallest absolute Gasteiger partial charge is 0.0634 e. The highest BCUT2D eigenvalue weighted by Crippen LogP contribution is 2.11. The van der Waals surface area contributed by atoms with E-state index in [0.29, 0.717) is 11.9 Å². The molecule has 14 heavy (non-hydrogen) atoms. The van der Waals surface area contributed by atoms with E-state index in [-0.39, 0.29) is 0 Å². The molecule has 1 rings (SSSR count). The van der Waals surface area contributed by atoms with Crippen LogP contribution in [-0.2, 0) is 4.74 Å². The largest absolute Gasteiger partial charge is 0.378 e. The van der Waals surface area contributed by atoms with Crippen molar-refractivity contribution in [2.75, 3.05) is 32.2 Å². The van der Waals surface area contributed by atoms with E-state index < -0.39 is 0 Å². The Balaban J connectivity index is 2.19. The van der Waals surface area contributed by atoms with Gasteiger partial charge in [0.1, 0.15) is 0 Å². The number of rotatable bonds is 5. The van der Waals surface area contributed by atoms with Gasteiger partial charge < -0.3 is 4.74 Å². The fraction of sp³-hybridized carbons (Fsp3) is 1.00. The van der Waals surface area contributed by atoms with Crippen LogP contribution in [0.4, 0.5) is 0 Å². The number of morpholine rings is 1. The zero-order valence-corrected chi connectivity index (χ0v) is 10.1. The van der Waals surface area contributed by atoms with Gasteiger partial charge in [0.25, 0.3) is 0 Å². The topological polar surface area (TPSA) is 12.5 Å². The zero-order chi connectivity index (χ0) is 10.4. The first-order valence-electron chi connectivity index (χ1n) is 5.61. The summed E-state index contributed by atoms with van der Waals surface area (Å²) >= 11 is 5.89. The monoisotopic (exact) mass is 219 g/mol. The third kappa shape index (κ3) is 4.16. The van der Waals surface area contributed by atoms with Crippen LogP contribution < -0.4 is 0 Å². The first kappa shape index (κ1) is 12.3. The second kappa shape index (κ2) is 6.65. The lowest BCUT2D eigenvalue weighted by molar-refractivity contribution is 0.000128.